The van der Waals surface area contributed by atoms with E-state index in [2.05, 4.69) is 4.98 Å². The molecule has 1 saturated heterocycles. The van der Waals surface area contributed by atoms with Crippen LogP contribution >= 0.6 is 0 Å². The molecular formula is C10H12FN3O3S. The molecule has 1 aromatic heterocycles. The van der Waals surface area contributed by atoms with Crippen LogP contribution < -0.4 is 10.6 Å². The molecule has 98 valence electrons. The third-order valence-electron chi connectivity index (χ3n) is 2.82. The summed E-state index contributed by atoms with van der Waals surface area (Å²) in [6, 6.07) is 3.22. The van der Waals surface area contributed by atoms with Gasteiger partial charge in [0, 0.05) is 18.7 Å². The summed E-state index contributed by atoms with van der Waals surface area (Å²) >= 11 is 0. The number of carbonyl (C=O) groups excluding carboxylic acids is 1. The van der Waals surface area contributed by atoms with E-state index in [0.29, 0.717) is 11.4 Å². The van der Waals surface area contributed by atoms with Crippen molar-refractivity contribution >= 4 is 27.6 Å². The number of aryl methyl sites for hydroxylation is 1. The van der Waals surface area contributed by atoms with Crippen molar-refractivity contribution in [3.63, 3.8) is 0 Å². The van der Waals surface area contributed by atoms with Crippen LogP contribution in [0.3, 0.4) is 0 Å². The van der Waals surface area contributed by atoms with Crippen molar-refractivity contribution in [3.05, 3.63) is 17.8 Å². The number of hydrogen-bond donors (Lipinski definition) is 1. The lowest BCUT2D eigenvalue weighted by Gasteiger charge is -2.17. The molecule has 1 atom stereocenters. The Labute approximate surface area is 104 Å². The Bertz CT molecular complexity index is 602. The Morgan fingerprint density at radius 2 is 2.17 bits per heavy atom. The van der Waals surface area contributed by atoms with Crippen LogP contribution in [-0.4, -0.2) is 31.1 Å². The molecule has 1 aromatic rings. The van der Waals surface area contributed by atoms with Gasteiger partial charge in [-0.05, 0) is 19.1 Å². The van der Waals surface area contributed by atoms with Gasteiger partial charge in [-0.3, -0.25) is 4.79 Å². The van der Waals surface area contributed by atoms with Gasteiger partial charge in [0.05, 0.1) is 5.69 Å². The van der Waals surface area contributed by atoms with Crippen molar-refractivity contribution < 1.29 is 17.1 Å². The summed E-state index contributed by atoms with van der Waals surface area (Å²) in [6.07, 6.45) is -0.369. The molecule has 1 aliphatic heterocycles. The zero-order valence-corrected chi connectivity index (χ0v) is 10.4. The third kappa shape index (κ3) is 2.28. The molecule has 8 heteroatoms. The molecule has 6 nitrogen and oxygen atoms in total. The van der Waals surface area contributed by atoms with Crippen molar-refractivity contribution in [2.45, 2.75) is 18.6 Å². The number of hydrogen-bond acceptors (Lipinski definition) is 5. The fourth-order valence-corrected chi connectivity index (χ4v) is 2.56. The Morgan fingerprint density at radius 3 is 2.67 bits per heavy atom. The highest BCUT2D eigenvalue weighted by molar-refractivity contribution is 7.87. The molecule has 1 aliphatic rings. The summed E-state index contributed by atoms with van der Waals surface area (Å²) in [6.45, 7) is 1.51. The van der Waals surface area contributed by atoms with Gasteiger partial charge in [0.2, 0.25) is 5.91 Å². The van der Waals surface area contributed by atoms with E-state index in [9.17, 15) is 17.1 Å². The van der Waals surface area contributed by atoms with Gasteiger partial charge in [-0.2, -0.15) is 8.42 Å². The number of nitrogen functional groups attached to an aromatic ring is 1. The number of pyridine rings is 1. The SMILES string of the molecule is Cc1ccc(N2CC(S(=O)(=O)F)CC2=O)c(N)n1. The number of anilines is 2. The standard InChI is InChI=1S/C10H12FN3O3S/c1-6-2-3-8(10(12)13-6)14-5-7(4-9(14)15)18(11,16)17/h2-3,7H,4-5H2,1H3,(H2,12,13). The molecule has 0 aliphatic carbocycles. The zero-order valence-electron chi connectivity index (χ0n) is 9.63. The van der Waals surface area contributed by atoms with Crippen molar-refractivity contribution in [3.8, 4) is 0 Å². The van der Waals surface area contributed by atoms with Gasteiger partial charge in [-0.25, -0.2) is 4.98 Å². The molecule has 0 radical (unpaired) electrons. The Hall–Kier alpha value is -1.70. The van der Waals surface area contributed by atoms with Crippen LogP contribution in [-0.2, 0) is 15.0 Å². The van der Waals surface area contributed by atoms with Crippen LogP contribution in [0.1, 0.15) is 12.1 Å². The second kappa shape index (κ2) is 4.20. The Balaban J connectivity index is 2.33. The van der Waals surface area contributed by atoms with E-state index in [1.165, 1.54) is 0 Å². The molecule has 1 amide bonds. The summed E-state index contributed by atoms with van der Waals surface area (Å²) in [5, 5.41) is -1.33. The lowest BCUT2D eigenvalue weighted by molar-refractivity contribution is -0.117. The molecule has 2 N–H and O–H groups in total. The molecule has 1 unspecified atom stereocenters. The molecular weight excluding hydrogens is 261 g/mol. The lowest BCUT2D eigenvalue weighted by Crippen LogP contribution is -2.28. The van der Waals surface area contributed by atoms with Gasteiger partial charge in [0.1, 0.15) is 11.1 Å². The van der Waals surface area contributed by atoms with Crippen LogP contribution in [0, 0.1) is 6.92 Å². The van der Waals surface area contributed by atoms with E-state index in [4.69, 9.17) is 5.73 Å². The van der Waals surface area contributed by atoms with Gasteiger partial charge in [0.25, 0.3) is 0 Å². The van der Waals surface area contributed by atoms with Crippen LogP contribution in [0.25, 0.3) is 0 Å². The monoisotopic (exact) mass is 273 g/mol. The van der Waals surface area contributed by atoms with Gasteiger partial charge < -0.3 is 10.6 Å². The molecule has 0 aromatic carbocycles. The molecule has 18 heavy (non-hydrogen) atoms. The zero-order chi connectivity index (χ0) is 13.5. The number of carbonyl (C=O) groups is 1. The summed E-state index contributed by atoms with van der Waals surface area (Å²) in [4.78, 5) is 16.8. The summed E-state index contributed by atoms with van der Waals surface area (Å²) in [5.41, 5.74) is 6.66. The van der Waals surface area contributed by atoms with Crippen molar-refractivity contribution in [2.24, 2.45) is 0 Å². The van der Waals surface area contributed by atoms with Crippen molar-refractivity contribution in [1.82, 2.24) is 4.98 Å². The van der Waals surface area contributed by atoms with Gasteiger partial charge >= 0.3 is 10.2 Å². The maximum Gasteiger partial charge on any atom is 0.307 e. The van der Waals surface area contributed by atoms with Gasteiger partial charge in [0.15, 0.2) is 0 Å². The largest absolute Gasteiger partial charge is 0.382 e. The minimum Gasteiger partial charge on any atom is -0.382 e. The number of rotatable bonds is 2. The number of aromatic nitrogens is 1. The topological polar surface area (TPSA) is 93.4 Å². The van der Waals surface area contributed by atoms with Crippen LogP contribution in [0.2, 0.25) is 0 Å². The Kier molecular flexibility index (Phi) is 2.97. The number of amides is 1. The van der Waals surface area contributed by atoms with E-state index in [-0.39, 0.29) is 18.8 Å². The van der Waals surface area contributed by atoms with Gasteiger partial charge in [-0.1, -0.05) is 0 Å². The van der Waals surface area contributed by atoms with E-state index < -0.39 is 21.4 Å². The van der Waals surface area contributed by atoms with Crippen molar-refractivity contribution in [2.75, 3.05) is 17.2 Å². The first kappa shape index (κ1) is 12.7. The van der Waals surface area contributed by atoms with E-state index in [1.807, 2.05) is 0 Å². The first-order valence-electron chi connectivity index (χ1n) is 5.26. The van der Waals surface area contributed by atoms with E-state index in [1.54, 1.807) is 19.1 Å². The van der Waals surface area contributed by atoms with E-state index in [0.717, 1.165) is 4.90 Å². The lowest BCUT2D eigenvalue weighted by atomic mass is 10.3. The second-order valence-corrected chi connectivity index (χ2v) is 5.78. The summed E-state index contributed by atoms with van der Waals surface area (Å²) in [5.74, 6) is -0.348. The predicted octanol–water partition coefficient (Wildman–Crippen LogP) is 0.377. The quantitative estimate of drug-likeness (QED) is 0.786. The average Bonchev–Trinajstić information content (AvgIpc) is 2.60. The summed E-state index contributed by atoms with van der Waals surface area (Å²) < 4.78 is 34.5. The highest BCUT2D eigenvalue weighted by Crippen LogP contribution is 2.29. The smallest absolute Gasteiger partial charge is 0.307 e. The third-order valence-corrected chi connectivity index (χ3v) is 3.93. The predicted molar refractivity (Wildman–Crippen MR) is 64.2 cm³/mol. The highest BCUT2D eigenvalue weighted by Gasteiger charge is 2.39. The fraction of sp³-hybridized carbons (Fsp3) is 0.400. The fourth-order valence-electron chi connectivity index (χ4n) is 1.89. The molecule has 1 fully saturated rings. The molecule has 0 saturated carbocycles. The first-order valence-corrected chi connectivity index (χ1v) is 6.70. The number of nitrogens with two attached hydrogens (primary N) is 1. The highest BCUT2D eigenvalue weighted by atomic mass is 32.3. The molecule has 0 bridgehead atoms. The maximum absolute atomic E-state index is 12.9. The number of halogens is 1. The van der Waals surface area contributed by atoms with Crippen LogP contribution in [0.15, 0.2) is 12.1 Å². The minimum atomic E-state index is -4.72. The molecule has 0 spiro atoms. The average molecular weight is 273 g/mol. The number of nitrogens with zero attached hydrogens (tertiary/aromatic N) is 2. The Morgan fingerprint density at radius 1 is 1.50 bits per heavy atom. The first-order chi connectivity index (χ1) is 8.29. The molecule has 2 rings (SSSR count). The van der Waals surface area contributed by atoms with Crippen molar-refractivity contribution in [1.29, 1.82) is 0 Å². The second-order valence-electron chi connectivity index (χ2n) is 4.16. The summed E-state index contributed by atoms with van der Waals surface area (Å²) in [7, 11) is -4.72. The van der Waals surface area contributed by atoms with Crippen LogP contribution in [0.5, 0.6) is 0 Å². The normalized spacial score (nSPS) is 20.4. The van der Waals surface area contributed by atoms with Crippen LogP contribution in [0.4, 0.5) is 15.4 Å². The minimum absolute atomic E-state index is 0.125. The maximum atomic E-state index is 12.9. The van der Waals surface area contributed by atoms with E-state index >= 15 is 0 Å². The molecule has 2 heterocycles. The van der Waals surface area contributed by atoms with Gasteiger partial charge in [-0.15, -0.1) is 3.89 Å².